The van der Waals surface area contributed by atoms with E-state index in [-0.39, 0.29) is 0 Å². The van der Waals surface area contributed by atoms with Gasteiger partial charge in [0, 0.05) is 38.0 Å². The number of pyridine rings is 1. The number of rotatable bonds is 1. The largest absolute Gasteiger partial charge is 0.455 e. The van der Waals surface area contributed by atoms with Gasteiger partial charge in [-0.3, -0.25) is 4.98 Å². The zero-order chi connectivity index (χ0) is 18.8. The van der Waals surface area contributed by atoms with Crippen molar-refractivity contribution in [2.24, 2.45) is 0 Å². The molecule has 134 valence electrons. The molecule has 0 radical (unpaired) electrons. The molecule has 0 fully saturated rings. The van der Waals surface area contributed by atoms with Gasteiger partial charge in [-0.15, -0.1) is 11.3 Å². The SMILES string of the molecule is Cc1ccc2c(c1)oc1c(-c3nccc4c3sc3c(C)cccc34)cccc12. The van der Waals surface area contributed by atoms with Crippen LogP contribution in [0.4, 0.5) is 0 Å². The Morgan fingerprint density at radius 2 is 1.61 bits per heavy atom. The van der Waals surface area contributed by atoms with Crippen LogP contribution in [0.2, 0.25) is 0 Å². The second-order valence-corrected chi connectivity index (χ2v) is 8.39. The third-order valence-corrected chi connectivity index (χ3v) is 6.88. The van der Waals surface area contributed by atoms with E-state index in [1.54, 1.807) is 0 Å². The zero-order valence-electron chi connectivity index (χ0n) is 15.6. The van der Waals surface area contributed by atoms with Crippen molar-refractivity contribution in [3.63, 3.8) is 0 Å². The number of para-hydroxylation sites is 1. The second kappa shape index (κ2) is 5.66. The molecule has 0 spiro atoms. The normalized spacial score (nSPS) is 11.9. The topological polar surface area (TPSA) is 26.0 Å². The first-order valence-corrected chi connectivity index (χ1v) is 10.2. The Labute approximate surface area is 166 Å². The van der Waals surface area contributed by atoms with Gasteiger partial charge in [0.1, 0.15) is 11.2 Å². The molecule has 6 aromatic rings. The standard InChI is InChI=1S/C25H17NOS/c1-14-9-10-16-17-6-4-8-20(23(17)27-21(16)13-14)22-25-19(11-12-26-22)18-7-3-5-15(2)24(18)28-25/h3-13H,1-2H3. The monoisotopic (exact) mass is 379 g/mol. The maximum absolute atomic E-state index is 6.33. The van der Waals surface area contributed by atoms with Crippen LogP contribution in [0.5, 0.6) is 0 Å². The van der Waals surface area contributed by atoms with E-state index < -0.39 is 0 Å². The summed E-state index contributed by atoms with van der Waals surface area (Å²) in [4.78, 5) is 4.79. The predicted octanol–water partition coefficient (Wildman–Crippen LogP) is 7.63. The summed E-state index contributed by atoms with van der Waals surface area (Å²) in [6.45, 7) is 4.27. The minimum atomic E-state index is 0.914. The Morgan fingerprint density at radius 1 is 0.786 bits per heavy atom. The molecule has 2 nitrogen and oxygen atoms in total. The minimum absolute atomic E-state index is 0.914. The number of furan rings is 1. The lowest BCUT2D eigenvalue weighted by Crippen LogP contribution is -1.84. The Balaban J connectivity index is 1.74. The molecule has 0 aliphatic carbocycles. The molecule has 3 aromatic carbocycles. The molecule has 0 N–H and O–H groups in total. The second-order valence-electron chi connectivity index (χ2n) is 7.37. The van der Waals surface area contributed by atoms with Gasteiger partial charge in [0.15, 0.2) is 0 Å². The van der Waals surface area contributed by atoms with Gasteiger partial charge in [0.2, 0.25) is 0 Å². The van der Waals surface area contributed by atoms with E-state index in [0.29, 0.717) is 0 Å². The number of aromatic nitrogens is 1. The average Bonchev–Trinajstić information content (AvgIpc) is 3.26. The van der Waals surface area contributed by atoms with Gasteiger partial charge in [-0.2, -0.15) is 0 Å². The zero-order valence-corrected chi connectivity index (χ0v) is 16.4. The molecule has 28 heavy (non-hydrogen) atoms. The number of hydrogen-bond donors (Lipinski definition) is 0. The maximum Gasteiger partial charge on any atom is 0.144 e. The molecule has 0 aliphatic rings. The van der Waals surface area contributed by atoms with Crippen LogP contribution in [0.1, 0.15) is 11.1 Å². The number of hydrogen-bond acceptors (Lipinski definition) is 3. The van der Waals surface area contributed by atoms with E-state index in [0.717, 1.165) is 33.2 Å². The van der Waals surface area contributed by atoms with Gasteiger partial charge >= 0.3 is 0 Å². The summed E-state index contributed by atoms with van der Waals surface area (Å²) >= 11 is 1.82. The summed E-state index contributed by atoms with van der Waals surface area (Å²) < 4.78 is 8.88. The number of benzene rings is 3. The summed E-state index contributed by atoms with van der Waals surface area (Å²) in [7, 11) is 0. The van der Waals surface area contributed by atoms with E-state index in [1.165, 1.54) is 31.3 Å². The van der Waals surface area contributed by atoms with Crippen LogP contribution in [0.25, 0.3) is 53.4 Å². The molecule has 0 saturated heterocycles. The van der Waals surface area contributed by atoms with Crippen LogP contribution in [0.3, 0.4) is 0 Å². The third-order valence-electron chi connectivity index (χ3n) is 5.52. The van der Waals surface area contributed by atoms with Gasteiger partial charge < -0.3 is 4.42 Å². The summed E-state index contributed by atoms with van der Waals surface area (Å²) in [5.74, 6) is 0. The molecular formula is C25H17NOS. The predicted molar refractivity (Wildman–Crippen MR) is 119 cm³/mol. The lowest BCUT2D eigenvalue weighted by Gasteiger charge is -2.03. The Morgan fingerprint density at radius 3 is 2.54 bits per heavy atom. The number of aryl methyl sites for hydroxylation is 2. The van der Waals surface area contributed by atoms with Crippen LogP contribution in [0, 0.1) is 13.8 Å². The number of nitrogens with zero attached hydrogens (tertiary/aromatic N) is 1. The summed E-state index contributed by atoms with van der Waals surface area (Å²) in [6, 6.07) is 21.4. The highest BCUT2D eigenvalue weighted by molar-refractivity contribution is 7.26. The van der Waals surface area contributed by atoms with Crippen molar-refractivity contribution in [1.82, 2.24) is 4.98 Å². The molecule has 3 aromatic heterocycles. The first-order valence-electron chi connectivity index (χ1n) is 9.40. The lowest BCUT2D eigenvalue weighted by molar-refractivity contribution is 0.669. The molecule has 3 heterocycles. The minimum Gasteiger partial charge on any atom is -0.455 e. The van der Waals surface area contributed by atoms with Crippen LogP contribution in [-0.2, 0) is 0 Å². The Bertz CT molecular complexity index is 1540. The molecule has 0 saturated carbocycles. The van der Waals surface area contributed by atoms with Gasteiger partial charge in [-0.05, 0) is 43.2 Å². The van der Waals surface area contributed by atoms with Crippen LogP contribution < -0.4 is 0 Å². The van der Waals surface area contributed by atoms with E-state index in [9.17, 15) is 0 Å². The van der Waals surface area contributed by atoms with Crippen molar-refractivity contribution < 1.29 is 4.42 Å². The summed E-state index contributed by atoms with van der Waals surface area (Å²) in [6.07, 6.45) is 1.91. The molecule has 6 rings (SSSR count). The Hall–Kier alpha value is -3.17. The van der Waals surface area contributed by atoms with Gasteiger partial charge in [-0.1, -0.05) is 42.5 Å². The third kappa shape index (κ3) is 2.11. The summed E-state index contributed by atoms with van der Waals surface area (Å²) in [5.41, 5.74) is 6.41. The highest BCUT2D eigenvalue weighted by Crippen LogP contribution is 2.42. The van der Waals surface area contributed by atoms with E-state index in [4.69, 9.17) is 9.40 Å². The molecule has 0 amide bonds. The Kier molecular flexibility index (Phi) is 3.21. The highest BCUT2D eigenvalue weighted by Gasteiger charge is 2.17. The van der Waals surface area contributed by atoms with Gasteiger partial charge in [-0.25, -0.2) is 0 Å². The first-order chi connectivity index (χ1) is 13.7. The van der Waals surface area contributed by atoms with Crippen molar-refractivity contribution in [2.45, 2.75) is 13.8 Å². The van der Waals surface area contributed by atoms with Crippen LogP contribution >= 0.6 is 11.3 Å². The number of fused-ring (bicyclic) bond motifs is 6. The fraction of sp³-hybridized carbons (Fsp3) is 0.0800. The molecular weight excluding hydrogens is 362 g/mol. The van der Waals surface area contributed by atoms with Crippen molar-refractivity contribution >= 4 is 53.4 Å². The molecule has 0 atom stereocenters. The van der Waals surface area contributed by atoms with E-state index in [2.05, 4.69) is 74.5 Å². The van der Waals surface area contributed by atoms with Gasteiger partial charge in [0.05, 0.1) is 10.4 Å². The molecule has 0 aliphatic heterocycles. The highest BCUT2D eigenvalue weighted by atomic mass is 32.1. The molecule has 3 heteroatoms. The quantitative estimate of drug-likeness (QED) is 0.293. The van der Waals surface area contributed by atoms with E-state index >= 15 is 0 Å². The van der Waals surface area contributed by atoms with Crippen molar-refractivity contribution in [2.75, 3.05) is 0 Å². The number of thiophene rings is 1. The molecule has 0 unspecified atom stereocenters. The smallest absolute Gasteiger partial charge is 0.144 e. The van der Waals surface area contributed by atoms with E-state index in [1.807, 2.05) is 17.5 Å². The van der Waals surface area contributed by atoms with Crippen LogP contribution in [0.15, 0.2) is 71.3 Å². The molecule has 0 bridgehead atoms. The van der Waals surface area contributed by atoms with Gasteiger partial charge in [0.25, 0.3) is 0 Å². The average molecular weight is 379 g/mol. The van der Waals surface area contributed by atoms with Crippen LogP contribution in [-0.4, -0.2) is 4.98 Å². The lowest BCUT2D eigenvalue weighted by atomic mass is 10.0. The maximum atomic E-state index is 6.33. The fourth-order valence-electron chi connectivity index (χ4n) is 4.15. The first kappa shape index (κ1) is 15.8. The van der Waals surface area contributed by atoms with Crippen molar-refractivity contribution in [3.8, 4) is 11.3 Å². The summed E-state index contributed by atoms with van der Waals surface area (Å²) in [5, 5.41) is 4.86. The van der Waals surface area contributed by atoms with Crippen molar-refractivity contribution in [1.29, 1.82) is 0 Å². The van der Waals surface area contributed by atoms with Crippen molar-refractivity contribution in [3.05, 3.63) is 78.0 Å². The fourth-order valence-corrected chi connectivity index (χ4v) is 5.42.